The maximum Gasteiger partial charge on any atom is 0.225 e. The van der Waals surface area contributed by atoms with Crippen LogP contribution >= 0.6 is 11.3 Å². The molecule has 0 saturated carbocycles. The van der Waals surface area contributed by atoms with Gasteiger partial charge in [-0.3, -0.25) is 9.59 Å². The van der Waals surface area contributed by atoms with Gasteiger partial charge in [0.2, 0.25) is 11.8 Å². The van der Waals surface area contributed by atoms with Gasteiger partial charge >= 0.3 is 0 Å². The van der Waals surface area contributed by atoms with Crippen molar-refractivity contribution in [2.24, 2.45) is 5.92 Å². The molecule has 1 N–H and O–H groups in total. The molecule has 0 bridgehead atoms. The van der Waals surface area contributed by atoms with Crippen LogP contribution in [0, 0.1) is 5.92 Å². The third kappa shape index (κ3) is 4.70. The molecule has 25 heavy (non-hydrogen) atoms. The van der Waals surface area contributed by atoms with E-state index in [2.05, 4.69) is 15.2 Å². The van der Waals surface area contributed by atoms with E-state index in [0.29, 0.717) is 19.5 Å². The summed E-state index contributed by atoms with van der Waals surface area (Å²) in [5.41, 5.74) is 0.886. The first-order chi connectivity index (χ1) is 12.2. The van der Waals surface area contributed by atoms with Crippen LogP contribution in [0.5, 0.6) is 0 Å². The van der Waals surface area contributed by atoms with Gasteiger partial charge in [0.1, 0.15) is 0 Å². The summed E-state index contributed by atoms with van der Waals surface area (Å²) in [5.74, 6) is 0.0447. The molecule has 2 saturated heterocycles. The molecule has 2 fully saturated rings. The molecule has 3 rings (SSSR count). The van der Waals surface area contributed by atoms with Gasteiger partial charge in [0.25, 0.3) is 0 Å². The molecule has 0 radical (unpaired) electrons. The number of rotatable bonds is 5. The lowest BCUT2D eigenvalue weighted by atomic mass is 9.97. The summed E-state index contributed by atoms with van der Waals surface area (Å²) >= 11 is 1.61. The van der Waals surface area contributed by atoms with E-state index in [1.165, 1.54) is 0 Å². The van der Waals surface area contributed by atoms with Crippen molar-refractivity contribution in [3.8, 4) is 0 Å². The Morgan fingerprint density at radius 2 is 2.16 bits per heavy atom. The number of aromatic nitrogens is 1. The third-order valence-electron chi connectivity index (χ3n) is 4.71. The Morgan fingerprint density at radius 3 is 2.92 bits per heavy atom. The molecule has 1 aromatic rings. The summed E-state index contributed by atoms with van der Waals surface area (Å²) in [4.78, 5) is 32.9. The zero-order chi connectivity index (χ0) is 17.6. The van der Waals surface area contributed by atoms with Crippen LogP contribution in [0.15, 0.2) is 5.38 Å². The Morgan fingerprint density at radius 1 is 1.36 bits per heavy atom. The highest BCUT2D eigenvalue weighted by molar-refractivity contribution is 7.13. The van der Waals surface area contributed by atoms with E-state index in [1.807, 2.05) is 17.2 Å². The van der Waals surface area contributed by atoms with E-state index >= 15 is 0 Å². The molecule has 0 spiro atoms. The Bertz CT molecular complexity index is 600. The first-order valence-corrected chi connectivity index (χ1v) is 9.88. The van der Waals surface area contributed by atoms with Gasteiger partial charge in [-0.2, -0.15) is 0 Å². The maximum atomic E-state index is 12.4. The number of nitrogens with one attached hydrogen (secondary N) is 1. The second kappa shape index (κ2) is 8.62. The minimum Gasteiger partial charge on any atom is -0.378 e. The standard InChI is InChI=1S/C17H26N4O3S/c1-2-15(22)21-5-3-4-13(11-21)16(23)18-10-14-12-25-17(19-14)20-6-8-24-9-7-20/h12-13H,2-11H2,1H3,(H,18,23)/t13-/m0/s1. The zero-order valence-corrected chi connectivity index (χ0v) is 15.5. The number of ether oxygens (including phenoxy) is 1. The van der Waals surface area contributed by atoms with Crippen molar-refractivity contribution < 1.29 is 14.3 Å². The Hall–Kier alpha value is -1.67. The lowest BCUT2D eigenvalue weighted by molar-refractivity contribution is -0.135. The first-order valence-electron chi connectivity index (χ1n) is 9.00. The minimum atomic E-state index is -0.110. The van der Waals surface area contributed by atoms with Crippen LogP contribution in [-0.2, 0) is 20.9 Å². The molecule has 138 valence electrons. The number of hydrogen-bond donors (Lipinski definition) is 1. The second-order valence-corrected chi connectivity index (χ2v) is 7.31. The molecule has 2 aliphatic rings. The molecule has 2 amide bonds. The molecule has 8 heteroatoms. The topological polar surface area (TPSA) is 74.8 Å². The van der Waals surface area contributed by atoms with E-state index in [9.17, 15) is 9.59 Å². The van der Waals surface area contributed by atoms with E-state index in [-0.39, 0.29) is 17.7 Å². The van der Waals surface area contributed by atoms with Crippen LogP contribution in [0.4, 0.5) is 5.13 Å². The molecule has 0 aromatic carbocycles. The number of carbonyl (C=O) groups is 2. The fraction of sp³-hybridized carbons (Fsp3) is 0.706. The van der Waals surface area contributed by atoms with Gasteiger partial charge in [0.15, 0.2) is 5.13 Å². The summed E-state index contributed by atoms with van der Waals surface area (Å²) in [6.07, 6.45) is 2.23. The van der Waals surface area contributed by atoms with Gasteiger partial charge in [-0.1, -0.05) is 6.92 Å². The largest absolute Gasteiger partial charge is 0.378 e. The number of hydrogen-bond acceptors (Lipinski definition) is 6. The normalized spacial score (nSPS) is 21.2. The summed E-state index contributed by atoms with van der Waals surface area (Å²) in [5, 5.41) is 5.98. The molecule has 0 unspecified atom stereocenters. The number of nitrogens with zero attached hydrogens (tertiary/aromatic N) is 3. The van der Waals surface area contributed by atoms with Crippen LogP contribution in [0.3, 0.4) is 0 Å². The van der Waals surface area contributed by atoms with Crippen molar-refractivity contribution in [2.75, 3.05) is 44.3 Å². The molecular formula is C17H26N4O3S. The Kier molecular flexibility index (Phi) is 6.25. The van der Waals surface area contributed by atoms with E-state index < -0.39 is 0 Å². The fourth-order valence-electron chi connectivity index (χ4n) is 3.24. The number of anilines is 1. The molecular weight excluding hydrogens is 340 g/mol. The van der Waals surface area contributed by atoms with Gasteiger partial charge in [-0.05, 0) is 12.8 Å². The first kappa shape index (κ1) is 18.1. The number of carbonyl (C=O) groups excluding carboxylic acids is 2. The molecule has 1 aromatic heterocycles. The third-order valence-corrected chi connectivity index (χ3v) is 5.66. The molecule has 2 aliphatic heterocycles. The molecule has 3 heterocycles. The summed E-state index contributed by atoms with van der Waals surface area (Å²) in [6.45, 7) is 6.81. The molecule has 7 nitrogen and oxygen atoms in total. The van der Waals surface area contributed by atoms with Crippen LogP contribution in [0.1, 0.15) is 31.9 Å². The molecule has 1 atom stereocenters. The molecule has 0 aliphatic carbocycles. The fourth-order valence-corrected chi connectivity index (χ4v) is 4.12. The van der Waals surface area contributed by atoms with Crippen LogP contribution < -0.4 is 10.2 Å². The van der Waals surface area contributed by atoms with Crippen molar-refractivity contribution in [1.29, 1.82) is 0 Å². The van der Waals surface area contributed by atoms with E-state index in [0.717, 1.165) is 56.5 Å². The van der Waals surface area contributed by atoms with Crippen LogP contribution in [0.2, 0.25) is 0 Å². The quantitative estimate of drug-likeness (QED) is 0.849. The van der Waals surface area contributed by atoms with Crippen molar-refractivity contribution >= 4 is 28.3 Å². The van der Waals surface area contributed by atoms with Crippen molar-refractivity contribution in [3.63, 3.8) is 0 Å². The predicted molar refractivity (Wildman–Crippen MR) is 96.6 cm³/mol. The SMILES string of the molecule is CCC(=O)N1CCC[C@H](C(=O)NCc2csc(N3CCOCC3)n2)C1. The van der Waals surface area contributed by atoms with Crippen molar-refractivity contribution in [2.45, 2.75) is 32.7 Å². The highest BCUT2D eigenvalue weighted by Crippen LogP contribution is 2.22. The average Bonchev–Trinajstić information content (AvgIpc) is 3.15. The summed E-state index contributed by atoms with van der Waals surface area (Å²) < 4.78 is 5.36. The van der Waals surface area contributed by atoms with Crippen LogP contribution in [-0.4, -0.2) is 61.1 Å². The number of likely N-dealkylation sites (tertiary alicyclic amines) is 1. The van der Waals surface area contributed by atoms with Gasteiger partial charge in [0.05, 0.1) is 31.4 Å². The van der Waals surface area contributed by atoms with E-state index in [1.54, 1.807) is 11.3 Å². The number of morpholine rings is 1. The number of thiazole rings is 1. The highest BCUT2D eigenvalue weighted by atomic mass is 32.1. The van der Waals surface area contributed by atoms with Gasteiger partial charge < -0.3 is 19.9 Å². The lowest BCUT2D eigenvalue weighted by Crippen LogP contribution is -2.45. The number of piperidine rings is 1. The average molecular weight is 366 g/mol. The van der Waals surface area contributed by atoms with Gasteiger partial charge in [-0.15, -0.1) is 11.3 Å². The highest BCUT2D eigenvalue weighted by Gasteiger charge is 2.27. The predicted octanol–water partition coefficient (Wildman–Crippen LogP) is 1.24. The summed E-state index contributed by atoms with van der Waals surface area (Å²) in [7, 11) is 0. The van der Waals surface area contributed by atoms with Crippen molar-refractivity contribution in [1.82, 2.24) is 15.2 Å². The van der Waals surface area contributed by atoms with Gasteiger partial charge in [0, 0.05) is 38.0 Å². The smallest absolute Gasteiger partial charge is 0.225 e. The monoisotopic (exact) mass is 366 g/mol. The van der Waals surface area contributed by atoms with Crippen molar-refractivity contribution in [3.05, 3.63) is 11.1 Å². The Balaban J connectivity index is 1.48. The Labute approximate surface area is 152 Å². The zero-order valence-electron chi connectivity index (χ0n) is 14.7. The second-order valence-electron chi connectivity index (χ2n) is 6.47. The summed E-state index contributed by atoms with van der Waals surface area (Å²) in [6, 6.07) is 0. The lowest BCUT2D eigenvalue weighted by Gasteiger charge is -2.31. The van der Waals surface area contributed by atoms with Gasteiger partial charge in [-0.25, -0.2) is 4.98 Å². The van der Waals surface area contributed by atoms with Crippen LogP contribution in [0.25, 0.3) is 0 Å². The van der Waals surface area contributed by atoms with E-state index in [4.69, 9.17) is 4.74 Å². The minimum absolute atomic E-state index is 0.0227. The number of amides is 2. The maximum absolute atomic E-state index is 12.4.